The number of carbonyl (C=O) groups is 2. The maximum Gasteiger partial charge on any atom is 0.242 e. The summed E-state index contributed by atoms with van der Waals surface area (Å²) in [6.07, 6.45) is 0.665. The molecular formula is C10H19N3O3. The number of rotatable bonds is 4. The molecule has 0 bridgehead atoms. The summed E-state index contributed by atoms with van der Waals surface area (Å²) in [6.45, 7) is 3.22. The lowest BCUT2D eigenvalue weighted by Gasteiger charge is -2.35. The molecular weight excluding hydrogens is 210 g/mol. The van der Waals surface area contributed by atoms with E-state index in [1.54, 1.807) is 0 Å². The average molecular weight is 229 g/mol. The first-order valence-corrected chi connectivity index (χ1v) is 5.49. The van der Waals surface area contributed by atoms with E-state index in [4.69, 9.17) is 16.2 Å². The van der Waals surface area contributed by atoms with Gasteiger partial charge in [-0.1, -0.05) is 6.92 Å². The third-order valence-corrected chi connectivity index (χ3v) is 2.87. The molecule has 2 atom stereocenters. The third kappa shape index (κ3) is 2.70. The van der Waals surface area contributed by atoms with Crippen LogP contribution < -0.4 is 11.5 Å². The summed E-state index contributed by atoms with van der Waals surface area (Å²) in [7, 11) is 0. The Balaban J connectivity index is 2.74. The van der Waals surface area contributed by atoms with Crippen molar-refractivity contribution in [1.29, 1.82) is 0 Å². The second-order valence-electron chi connectivity index (χ2n) is 3.87. The van der Waals surface area contributed by atoms with Crippen molar-refractivity contribution in [2.24, 2.45) is 17.4 Å². The first-order valence-electron chi connectivity index (χ1n) is 5.49. The topological polar surface area (TPSA) is 98.7 Å². The van der Waals surface area contributed by atoms with E-state index in [-0.39, 0.29) is 25.0 Å². The van der Waals surface area contributed by atoms with Crippen LogP contribution in [0.15, 0.2) is 0 Å². The number of carbonyl (C=O) groups excluding carboxylic acids is 2. The lowest BCUT2D eigenvalue weighted by atomic mass is 10.0. The van der Waals surface area contributed by atoms with E-state index < -0.39 is 11.9 Å². The Labute approximate surface area is 94.9 Å². The fourth-order valence-electron chi connectivity index (χ4n) is 1.78. The van der Waals surface area contributed by atoms with Gasteiger partial charge in [0.1, 0.15) is 6.04 Å². The standard InChI is InChI=1S/C10H19N3O3/c1-2-7(5-11)10(15)13-3-4-16-6-8(13)9(12)14/h7-8H,2-6,11H2,1H3,(H2,12,14). The molecule has 1 saturated heterocycles. The maximum absolute atomic E-state index is 12.1. The van der Waals surface area contributed by atoms with Gasteiger partial charge in [-0.25, -0.2) is 0 Å². The van der Waals surface area contributed by atoms with Crippen molar-refractivity contribution in [1.82, 2.24) is 4.90 Å². The normalized spacial score (nSPS) is 22.9. The monoisotopic (exact) mass is 229 g/mol. The van der Waals surface area contributed by atoms with Crippen molar-refractivity contribution in [3.8, 4) is 0 Å². The Morgan fingerprint density at radius 2 is 2.25 bits per heavy atom. The molecule has 1 aliphatic rings. The largest absolute Gasteiger partial charge is 0.377 e. The highest BCUT2D eigenvalue weighted by molar-refractivity contribution is 5.88. The van der Waals surface area contributed by atoms with Gasteiger partial charge >= 0.3 is 0 Å². The Bertz CT molecular complexity index is 266. The lowest BCUT2D eigenvalue weighted by Crippen LogP contribution is -2.56. The summed E-state index contributed by atoms with van der Waals surface area (Å²) >= 11 is 0. The second kappa shape index (κ2) is 5.81. The Morgan fingerprint density at radius 1 is 1.56 bits per heavy atom. The molecule has 16 heavy (non-hydrogen) atoms. The molecule has 0 aromatic heterocycles. The highest BCUT2D eigenvalue weighted by Gasteiger charge is 2.33. The van der Waals surface area contributed by atoms with E-state index in [2.05, 4.69) is 0 Å². The third-order valence-electron chi connectivity index (χ3n) is 2.87. The van der Waals surface area contributed by atoms with Gasteiger partial charge in [0.15, 0.2) is 0 Å². The van der Waals surface area contributed by atoms with Crippen LogP contribution in [0.2, 0.25) is 0 Å². The Hall–Kier alpha value is -1.14. The van der Waals surface area contributed by atoms with Crippen molar-refractivity contribution < 1.29 is 14.3 Å². The fourth-order valence-corrected chi connectivity index (χ4v) is 1.78. The van der Waals surface area contributed by atoms with Gasteiger partial charge in [-0.05, 0) is 6.42 Å². The van der Waals surface area contributed by atoms with Crippen molar-refractivity contribution in [3.05, 3.63) is 0 Å². The molecule has 0 aromatic carbocycles. The van der Waals surface area contributed by atoms with Gasteiger partial charge in [-0.15, -0.1) is 0 Å². The summed E-state index contributed by atoms with van der Waals surface area (Å²) in [6, 6.07) is -0.651. The van der Waals surface area contributed by atoms with Crippen LogP contribution in [0.4, 0.5) is 0 Å². The summed E-state index contributed by atoms with van der Waals surface area (Å²) in [4.78, 5) is 24.7. The SMILES string of the molecule is CCC(CN)C(=O)N1CCOCC1C(N)=O. The number of ether oxygens (including phenoxy) is 1. The van der Waals surface area contributed by atoms with E-state index in [0.717, 1.165) is 0 Å². The lowest BCUT2D eigenvalue weighted by molar-refractivity contribution is -0.150. The highest BCUT2D eigenvalue weighted by atomic mass is 16.5. The van der Waals surface area contributed by atoms with Gasteiger partial charge in [0.2, 0.25) is 11.8 Å². The van der Waals surface area contributed by atoms with Crippen LogP contribution in [-0.4, -0.2) is 49.1 Å². The van der Waals surface area contributed by atoms with Crippen molar-refractivity contribution in [3.63, 3.8) is 0 Å². The van der Waals surface area contributed by atoms with Crippen LogP contribution in [0.25, 0.3) is 0 Å². The Kier molecular flexibility index (Phi) is 4.70. The molecule has 0 aromatic rings. The molecule has 0 aliphatic carbocycles. The summed E-state index contributed by atoms with van der Waals surface area (Å²) in [5, 5.41) is 0. The smallest absolute Gasteiger partial charge is 0.242 e. The summed E-state index contributed by atoms with van der Waals surface area (Å²) in [5.41, 5.74) is 10.8. The number of nitrogens with zero attached hydrogens (tertiary/aromatic N) is 1. The summed E-state index contributed by atoms with van der Waals surface area (Å²) < 4.78 is 5.14. The van der Waals surface area contributed by atoms with Gasteiger partial charge in [0.25, 0.3) is 0 Å². The van der Waals surface area contributed by atoms with Crippen LogP contribution in [0.3, 0.4) is 0 Å². The van der Waals surface area contributed by atoms with Gasteiger partial charge in [0, 0.05) is 13.1 Å². The van der Waals surface area contributed by atoms with Crippen molar-refractivity contribution >= 4 is 11.8 Å². The van der Waals surface area contributed by atoms with E-state index in [1.165, 1.54) is 4.90 Å². The molecule has 4 N–H and O–H groups in total. The number of hydrogen-bond donors (Lipinski definition) is 2. The molecule has 92 valence electrons. The molecule has 6 heteroatoms. The van der Waals surface area contributed by atoms with Gasteiger partial charge in [-0.3, -0.25) is 9.59 Å². The number of amides is 2. The van der Waals surface area contributed by atoms with Gasteiger partial charge < -0.3 is 21.1 Å². The predicted octanol–water partition coefficient (Wildman–Crippen LogP) is -1.32. The fraction of sp³-hybridized carbons (Fsp3) is 0.800. The minimum atomic E-state index is -0.651. The van der Waals surface area contributed by atoms with E-state index in [0.29, 0.717) is 19.6 Å². The van der Waals surface area contributed by atoms with Crippen LogP contribution in [0, 0.1) is 5.92 Å². The zero-order chi connectivity index (χ0) is 12.1. The maximum atomic E-state index is 12.1. The number of primary amides is 1. The zero-order valence-electron chi connectivity index (χ0n) is 9.52. The van der Waals surface area contributed by atoms with E-state index in [1.807, 2.05) is 6.92 Å². The molecule has 1 fully saturated rings. The predicted molar refractivity (Wildman–Crippen MR) is 58.3 cm³/mol. The molecule has 1 rings (SSSR count). The molecule has 2 unspecified atom stereocenters. The molecule has 2 amide bonds. The first kappa shape index (κ1) is 12.9. The van der Waals surface area contributed by atoms with Crippen molar-refractivity contribution in [2.75, 3.05) is 26.3 Å². The number of hydrogen-bond acceptors (Lipinski definition) is 4. The van der Waals surface area contributed by atoms with Crippen LogP contribution in [-0.2, 0) is 14.3 Å². The van der Waals surface area contributed by atoms with Crippen LogP contribution in [0.5, 0.6) is 0 Å². The number of morpholine rings is 1. The second-order valence-corrected chi connectivity index (χ2v) is 3.87. The zero-order valence-corrected chi connectivity index (χ0v) is 9.52. The van der Waals surface area contributed by atoms with Crippen LogP contribution in [0.1, 0.15) is 13.3 Å². The van der Waals surface area contributed by atoms with Gasteiger partial charge in [-0.2, -0.15) is 0 Å². The highest BCUT2D eigenvalue weighted by Crippen LogP contribution is 2.13. The minimum Gasteiger partial charge on any atom is -0.377 e. The quantitative estimate of drug-likeness (QED) is 0.625. The molecule has 6 nitrogen and oxygen atoms in total. The summed E-state index contributed by atoms with van der Waals surface area (Å²) in [5.74, 6) is -0.864. The molecule has 0 spiro atoms. The molecule has 1 aliphatic heterocycles. The van der Waals surface area contributed by atoms with Crippen molar-refractivity contribution in [2.45, 2.75) is 19.4 Å². The number of nitrogens with two attached hydrogens (primary N) is 2. The minimum absolute atomic E-state index is 0.0999. The Morgan fingerprint density at radius 3 is 2.75 bits per heavy atom. The van der Waals surface area contributed by atoms with E-state index >= 15 is 0 Å². The van der Waals surface area contributed by atoms with Gasteiger partial charge in [0.05, 0.1) is 19.1 Å². The average Bonchev–Trinajstić information content (AvgIpc) is 2.30. The molecule has 1 heterocycles. The molecule has 0 saturated carbocycles. The first-order chi connectivity index (χ1) is 7.61. The van der Waals surface area contributed by atoms with Crippen LogP contribution >= 0.6 is 0 Å². The van der Waals surface area contributed by atoms with E-state index in [9.17, 15) is 9.59 Å². The molecule has 0 radical (unpaired) electrons.